The smallest absolute Gasteiger partial charge is 0.262 e. The van der Waals surface area contributed by atoms with Gasteiger partial charge >= 0.3 is 0 Å². The lowest BCUT2D eigenvalue weighted by atomic mass is 9.96. The Balaban J connectivity index is 2.91. The van der Waals surface area contributed by atoms with E-state index in [0.29, 0.717) is 22.2 Å². The van der Waals surface area contributed by atoms with Gasteiger partial charge in [0.05, 0.1) is 6.10 Å². The Morgan fingerprint density at radius 2 is 1.96 bits per heavy atom. The van der Waals surface area contributed by atoms with Gasteiger partial charge in [0.25, 0.3) is 5.91 Å². The molecule has 3 atom stereocenters. The lowest BCUT2D eigenvalue weighted by molar-refractivity contribution is -0.130. The highest BCUT2D eigenvalue weighted by Gasteiger charge is 2.32. The summed E-state index contributed by atoms with van der Waals surface area (Å²) in [4.78, 5) is 12.5. The maximum absolute atomic E-state index is 12.5. The van der Waals surface area contributed by atoms with Crippen molar-refractivity contribution in [2.24, 2.45) is 0 Å². The molecule has 126 valence electrons. The molecule has 0 bridgehead atoms. The maximum Gasteiger partial charge on any atom is 0.262 e. The highest BCUT2D eigenvalue weighted by molar-refractivity contribution is 6.34. The van der Waals surface area contributed by atoms with E-state index in [9.17, 15) is 9.90 Å². The SMILES string of the molecule is CC#CC(C)(NC(=O)C(CC)Oc1cc(Cl)cc(Cl)c1)C(C)O. The third kappa shape index (κ3) is 5.62. The summed E-state index contributed by atoms with van der Waals surface area (Å²) in [6, 6.07) is 4.75. The zero-order valence-electron chi connectivity index (χ0n) is 13.6. The Morgan fingerprint density at radius 3 is 2.39 bits per heavy atom. The molecule has 0 aliphatic carbocycles. The minimum absolute atomic E-state index is 0.366. The van der Waals surface area contributed by atoms with E-state index in [1.165, 1.54) is 0 Å². The lowest BCUT2D eigenvalue weighted by Gasteiger charge is -2.30. The van der Waals surface area contributed by atoms with Crippen LogP contribution >= 0.6 is 23.2 Å². The number of rotatable bonds is 6. The highest BCUT2D eigenvalue weighted by atomic mass is 35.5. The molecule has 0 saturated carbocycles. The quantitative estimate of drug-likeness (QED) is 0.766. The second-order valence-corrected chi connectivity index (χ2v) is 6.24. The van der Waals surface area contributed by atoms with Gasteiger partial charge in [0.2, 0.25) is 0 Å². The van der Waals surface area contributed by atoms with Crippen LogP contribution in [0.5, 0.6) is 5.75 Å². The molecule has 0 aliphatic heterocycles. The topological polar surface area (TPSA) is 58.6 Å². The number of amides is 1. The Hall–Kier alpha value is -1.41. The van der Waals surface area contributed by atoms with Gasteiger partial charge in [0.1, 0.15) is 11.3 Å². The standard InChI is InChI=1S/C17H21Cl2NO3/c1-5-7-17(4,11(3)21)20-16(22)15(6-2)23-14-9-12(18)8-13(19)10-14/h8-11,15,21H,6H2,1-4H3,(H,20,22). The minimum Gasteiger partial charge on any atom is -0.481 e. The van der Waals surface area contributed by atoms with Gasteiger partial charge < -0.3 is 15.2 Å². The zero-order chi connectivity index (χ0) is 17.6. The molecule has 0 saturated heterocycles. The van der Waals surface area contributed by atoms with Crippen molar-refractivity contribution in [3.63, 3.8) is 0 Å². The van der Waals surface area contributed by atoms with Crippen LogP contribution in [0, 0.1) is 11.8 Å². The van der Waals surface area contributed by atoms with Gasteiger partial charge in [-0.2, -0.15) is 0 Å². The van der Waals surface area contributed by atoms with Gasteiger partial charge in [-0.3, -0.25) is 4.79 Å². The van der Waals surface area contributed by atoms with Gasteiger partial charge in [-0.25, -0.2) is 0 Å². The van der Waals surface area contributed by atoms with E-state index in [-0.39, 0.29) is 5.91 Å². The minimum atomic E-state index is -1.05. The molecule has 1 aromatic rings. The number of benzene rings is 1. The molecule has 0 fully saturated rings. The molecule has 2 N–H and O–H groups in total. The Labute approximate surface area is 147 Å². The largest absolute Gasteiger partial charge is 0.481 e. The van der Waals surface area contributed by atoms with E-state index in [1.807, 2.05) is 6.92 Å². The normalized spacial score (nSPS) is 15.6. The molecule has 23 heavy (non-hydrogen) atoms. The van der Waals surface area contributed by atoms with Crippen molar-refractivity contribution >= 4 is 29.1 Å². The summed E-state index contributed by atoms with van der Waals surface area (Å²) in [6.07, 6.45) is -1.15. The van der Waals surface area contributed by atoms with Gasteiger partial charge in [0, 0.05) is 10.0 Å². The lowest BCUT2D eigenvalue weighted by Crippen LogP contribution is -2.55. The average molecular weight is 358 g/mol. The predicted molar refractivity (Wildman–Crippen MR) is 92.8 cm³/mol. The number of ether oxygens (including phenoxy) is 1. The van der Waals surface area contributed by atoms with Crippen molar-refractivity contribution in [3.8, 4) is 17.6 Å². The van der Waals surface area contributed by atoms with Crippen molar-refractivity contribution in [3.05, 3.63) is 28.2 Å². The number of hydrogen-bond donors (Lipinski definition) is 2. The maximum atomic E-state index is 12.5. The monoisotopic (exact) mass is 357 g/mol. The van der Waals surface area contributed by atoms with Crippen molar-refractivity contribution in [2.75, 3.05) is 0 Å². The van der Waals surface area contributed by atoms with Crippen molar-refractivity contribution in [1.29, 1.82) is 0 Å². The summed E-state index contributed by atoms with van der Waals surface area (Å²) in [7, 11) is 0. The molecule has 4 nitrogen and oxygen atoms in total. The van der Waals surface area contributed by atoms with Gasteiger partial charge in [0.15, 0.2) is 6.10 Å². The fraction of sp³-hybridized carbons (Fsp3) is 0.471. The Bertz CT molecular complexity index is 602. The number of halogens is 2. The average Bonchev–Trinajstić information content (AvgIpc) is 2.43. The van der Waals surface area contributed by atoms with Crippen molar-refractivity contribution < 1.29 is 14.6 Å². The van der Waals surface area contributed by atoms with Crippen LogP contribution in [0.3, 0.4) is 0 Å². The van der Waals surface area contributed by atoms with E-state index in [2.05, 4.69) is 17.2 Å². The van der Waals surface area contributed by atoms with Crippen LogP contribution in [-0.2, 0) is 4.79 Å². The molecule has 0 aromatic heterocycles. The number of aliphatic hydroxyl groups excluding tert-OH is 1. The second kappa shape index (κ2) is 8.44. The molecular formula is C17H21Cl2NO3. The molecular weight excluding hydrogens is 337 g/mol. The molecule has 1 rings (SSSR count). The number of carbonyl (C=O) groups is 1. The van der Waals surface area contributed by atoms with Crippen LogP contribution in [0.4, 0.5) is 0 Å². The first-order valence-electron chi connectivity index (χ1n) is 7.28. The molecule has 0 aliphatic rings. The van der Waals surface area contributed by atoms with Crippen LogP contribution in [0.15, 0.2) is 18.2 Å². The number of carbonyl (C=O) groups excluding carboxylic acids is 1. The first kappa shape index (κ1) is 19.6. The predicted octanol–water partition coefficient (Wildman–Crippen LogP) is 3.43. The number of aliphatic hydroxyl groups is 1. The van der Waals surface area contributed by atoms with E-state index in [4.69, 9.17) is 27.9 Å². The van der Waals surface area contributed by atoms with Crippen LogP contribution in [-0.4, -0.2) is 28.8 Å². The fourth-order valence-electron chi connectivity index (χ4n) is 1.92. The number of hydrogen-bond acceptors (Lipinski definition) is 3. The summed E-state index contributed by atoms with van der Waals surface area (Å²) in [6.45, 7) is 6.70. The van der Waals surface area contributed by atoms with Crippen molar-refractivity contribution in [1.82, 2.24) is 5.32 Å². The molecule has 1 amide bonds. The first-order valence-corrected chi connectivity index (χ1v) is 8.04. The molecule has 0 radical (unpaired) electrons. The third-order valence-corrected chi connectivity index (χ3v) is 3.82. The molecule has 6 heteroatoms. The highest BCUT2D eigenvalue weighted by Crippen LogP contribution is 2.25. The van der Waals surface area contributed by atoms with E-state index < -0.39 is 17.7 Å². The number of nitrogens with one attached hydrogen (secondary N) is 1. The summed E-state index contributed by atoms with van der Waals surface area (Å²) < 4.78 is 5.68. The molecule has 0 spiro atoms. The zero-order valence-corrected chi connectivity index (χ0v) is 15.1. The van der Waals surface area contributed by atoms with Gasteiger partial charge in [-0.1, -0.05) is 36.0 Å². The third-order valence-electron chi connectivity index (χ3n) is 3.38. The van der Waals surface area contributed by atoms with Crippen LogP contribution in [0.2, 0.25) is 10.0 Å². The molecule has 0 heterocycles. The second-order valence-electron chi connectivity index (χ2n) is 5.36. The Kier molecular flexibility index (Phi) is 7.21. The van der Waals surface area contributed by atoms with Crippen LogP contribution < -0.4 is 10.1 Å². The van der Waals surface area contributed by atoms with E-state index >= 15 is 0 Å². The van der Waals surface area contributed by atoms with Crippen molar-refractivity contribution in [2.45, 2.75) is 51.9 Å². The van der Waals surface area contributed by atoms with Gasteiger partial charge in [-0.15, -0.1) is 5.92 Å². The van der Waals surface area contributed by atoms with Crippen LogP contribution in [0.1, 0.15) is 34.1 Å². The summed E-state index contributed by atoms with van der Waals surface area (Å²) in [5.41, 5.74) is -1.05. The summed E-state index contributed by atoms with van der Waals surface area (Å²) in [5.74, 6) is 5.58. The summed E-state index contributed by atoms with van der Waals surface area (Å²) in [5, 5.41) is 13.5. The van der Waals surface area contributed by atoms with Gasteiger partial charge in [-0.05, 0) is 45.4 Å². The fourth-order valence-corrected chi connectivity index (χ4v) is 2.43. The summed E-state index contributed by atoms with van der Waals surface area (Å²) >= 11 is 11.9. The molecule has 1 aromatic carbocycles. The van der Waals surface area contributed by atoms with E-state index in [1.54, 1.807) is 39.0 Å². The Morgan fingerprint density at radius 1 is 1.39 bits per heavy atom. The van der Waals surface area contributed by atoms with Crippen LogP contribution in [0.25, 0.3) is 0 Å². The van der Waals surface area contributed by atoms with E-state index in [0.717, 1.165) is 0 Å². The molecule has 3 unspecified atom stereocenters. The first-order chi connectivity index (χ1) is 10.7.